The predicted molar refractivity (Wildman–Crippen MR) is 104 cm³/mol. The number of nitrogens with zero attached hydrogens (tertiary/aromatic N) is 2. The molecule has 0 unspecified atom stereocenters. The topological polar surface area (TPSA) is 66.0 Å². The van der Waals surface area contributed by atoms with Crippen molar-refractivity contribution in [2.75, 3.05) is 44.8 Å². The molecule has 0 aliphatic carbocycles. The van der Waals surface area contributed by atoms with Crippen molar-refractivity contribution >= 4 is 41.5 Å². The maximum absolute atomic E-state index is 12.4. The summed E-state index contributed by atoms with van der Waals surface area (Å²) in [6.45, 7) is 4.87. The number of carbonyl (C=O) groups excluding carboxylic acids is 1. The molecule has 1 aromatic carbocycles. The summed E-state index contributed by atoms with van der Waals surface area (Å²) in [5.74, 6) is 0.661. The van der Waals surface area contributed by atoms with Crippen molar-refractivity contribution < 1.29 is 9.53 Å². The van der Waals surface area contributed by atoms with Gasteiger partial charge in [0.05, 0.1) is 6.61 Å². The van der Waals surface area contributed by atoms with Crippen LogP contribution in [-0.4, -0.2) is 51.8 Å². The van der Waals surface area contributed by atoms with E-state index in [4.69, 9.17) is 4.74 Å². The molecule has 0 bridgehead atoms. The highest BCUT2D eigenvalue weighted by Gasteiger charge is 2.23. The fourth-order valence-electron chi connectivity index (χ4n) is 2.44. The Morgan fingerprint density at radius 2 is 2.13 bits per heavy atom. The number of nitrogens with one attached hydrogen (secondary N) is 2. The van der Waals surface area contributed by atoms with E-state index in [1.807, 2.05) is 30.0 Å². The number of hydrogen-bond acceptors (Lipinski definition) is 3. The van der Waals surface area contributed by atoms with E-state index in [0.717, 1.165) is 25.2 Å². The fraction of sp³-hybridized carbons (Fsp3) is 0.500. The molecule has 7 heteroatoms. The van der Waals surface area contributed by atoms with Gasteiger partial charge in [-0.1, -0.05) is 18.2 Å². The number of guanidine groups is 1. The molecule has 0 saturated heterocycles. The normalized spacial score (nSPS) is 13.3. The number of para-hydroxylation sites is 1. The molecule has 1 aliphatic heterocycles. The zero-order valence-corrected chi connectivity index (χ0v) is 16.0. The molecule has 1 amide bonds. The molecule has 1 aromatic rings. The van der Waals surface area contributed by atoms with Gasteiger partial charge in [0.15, 0.2) is 5.96 Å². The summed E-state index contributed by atoms with van der Waals surface area (Å²) in [5, 5.41) is 6.25. The van der Waals surface area contributed by atoms with Gasteiger partial charge >= 0.3 is 0 Å². The number of benzene rings is 1. The zero-order valence-electron chi connectivity index (χ0n) is 13.7. The number of ether oxygens (including phenoxy) is 1. The third-order valence-corrected chi connectivity index (χ3v) is 3.50. The van der Waals surface area contributed by atoms with Crippen molar-refractivity contribution in [1.29, 1.82) is 0 Å². The maximum atomic E-state index is 12.4. The van der Waals surface area contributed by atoms with Crippen LogP contribution in [0.5, 0.6) is 0 Å². The van der Waals surface area contributed by atoms with Gasteiger partial charge in [-0.2, -0.15) is 0 Å². The average Bonchev–Trinajstić information content (AvgIpc) is 2.96. The standard InChI is InChI=1S/C16H24N4O2.HI/c1-3-17-16(18-9-11-22-2)19-12-15(21)20-10-8-13-6-4-5-7-14(13)20;/h4-7H,3,8-12H2,1-2H3,(H2,17,18,19);1H. The molecule has 0 spiro atoms. The van der Waals surface area contributed by atoms with Gasteiger partial charge in [0, 0.05) is 32.4 Å². The average molecular weight is 432 g/mol. The molecule has 1 aliphatic rings. The van der Waals surface area contributed by atoms with Gasteiger partial charge in [-0.15, -0.1) is 24.0 Å². The third kappa shape index (κ3) is 5.65. The Kier molecular flexibility index (Phi) is 8.93. The smallest absolute Gasteiger partial charge is 0.248 e. The summed E-state index contributed by atoms with van der Waals surface area (Å²) < 4.78 is 5.00. The molecular formula is C16H25IN4O2. The van der Waals surface area contributed by atoms with Gasteiger partial charge < -0.3 is 20.3 Å². The van der Waals surface area contributed by atoms with E-state index in [2.05, 4.69) is 21.7 Å². The van der Waals surface area contributed by atoms with E-state index in [9.17, 15) is 4.79 Å². The van der Waals surface area contributed by atoms with Gasteiger partial charge in [0.25, 0.3) is 0 Å². The third-order valence-electron chi connectivity index (χ3n) is 3.50. The quantitative estimate of drug-likeness (QED) is 0.309. The molecule has 0 saturated carbocycles. The lowest BCUT2D eigenvalue weighted by atomic mass is 10.2. The summed E-state index contributed by atoms with van der Waals surface area (Å²) in [5.41, 5.74) is 2.24. The van der Waals surface area contributed by atoms with E-state index >= 15 is 0 Å². The lowest BCUT2D eigenvalue weighted by molar-refractivity contribution is -0.117. The molecule has 0 aromatic heterocycles. The Hall–Kier alpha value is -1.35. The summed E-state index contributed by atoms with van der Waals surface area (Å²) in [6, 6.07) is 8.03. The van der Waals surface area contributed by atoms with Crippen molar-refractivity contribution in [2.24, 2.45) is 4.99 Å². The first-order valence-corrected chi connectivity index (χ1v) is 7.65. The Morgan fingerprint density at radius 3 is 2.87 bits per heavy atom. The van der Waals surface area contributed by atoms with Crippen LogP contribution >= 0.6 is 24.0 Å². The number of anilines is 1. The highest BCUT2D eigenvalue weighted by atomic mass is 127. The molecular weight excluding hydrogens is 407 g/mol. The van der Waals surface area contributed by atoms with Gasteiger partial charge in [0.2, 0.25) is 5.91 Å². The lowest BCUT2D eigenvalue weighted by Gasteiger charge is -2.17. The number of fused-ring (bicyclic) bond motifs is 1. The largest absolute Gasteiger partial charge is 0.383 e. The lowest BCUT2D eigenvalue weighted by Crippen LogP contribution is -2.40. The van der Waals surface area contributed by atoms with E-state index in [1.54, 1.807) is 7.11 Å². The van der Waals surface area contributed by atoms with Crippen LogP contribution in [0, 0.1) is 0 Å². The minimum atomic E-state index is 0. The minimum absolute atomic E-state index is 0. The summed E-state index contributed by atoms with van der Waals surface area (Å²) in [4.78, 5) is 18.6. The number of amides is 1. The second kappa shape index (κ2) is 10.4. The monoisotopic (exact) mass is 432 g/mol. The second-order valence-electron chi connectivity index (χ2n) is 5.04. The first-order chi connectivity index (χ1) is 10.8. The Bertz CT molecular complexity index is 537. The summed E-state index contributed by atoms with van der Waals surface area (Å²) >= 11 is 0. The first-order valence-electron chi connectivity index (χ1n) is 7.65. The molecule has 23 heavy (non-hydrogen) atoms. The molecule has 0 atom stereocenters. The Labute approximate surface area is 154 Å². The SMILES string of the molecule is CCNC(=NCC(=O)N1CCc2ccccc21)NCCOC.I. The van der Waals surface area contributed by atoms with E-state index in [0.29, 0.717) is 19.1 Å². The van der Waals surface area contributed by atoms with Crippen molar-refractivity contribution in [3.05, 3.63) is 29.8 Å². The molecule has 2 rings (SSSR count). The second-order valence-corrected chi connectivity index (χ2v) is 5.04. The molecule has 1 heterocycles. The van der Waals surface area contributed by atoms with E-state index in [1.165, 1.54) is 5.56 Å². The van der Waals surface area contributed by atoms with Gasteiger partial charge in [-0.3, -0.25) is 4.79 Å². The number of carbonyl (C=O) groups is 1. The van der Waals surface area contributed by atoms with Crippen molar-refractivity contribution in [3.63, 3.8) is 0 Å². The minimum Gasteiger partial charge on any atom is -0.383 e. The van der Waals surface area contributed by atoms with Crippen molar-refractivity contribution in [3.8, 4) is 0 Å². The molecule has 0 radical (unpaired) electrons. The number of halogens is 1. The number of methoxy groups -OCH3 is 1. The van der Waals surface area contributed by atoms with Crippen molar-refractivity contribution in [1.82, 2.24) is 10.6 Å². The summed E-state index contributed by atoms with van der Waals surface area (Å²) in [7, 11) is 1.65. The van der Waals surface area contributed by atoms with Crippen LogP contribution in [0.1, 0.15) is 12.5 Å². The Balaban J connectivity index is 0.00000264. The molecule has 2 N–H and O–H groups in total. The number of aliphatic imine (C=N–C) groups is 1. The van der Waals surface area contributed by atoms with E-state index < -0.39 is 0 Å². The van der Waals surface area contributed by atoms with Crippen LogP contribution < -0.4 is 15.5 Å². The van der Waals surface area contributed by atoms with Crippen LogP contribution in [0.2, 0.25) is 0 Å². The highest BCUT2D eigenvalue weighted by molar-refractivity contribution is 14.0. The Morgan fingerprint density at radius 1 is 1.35 bits per heavy atom. The van der Waals surface area contributed by atoms with Gasteiger partial charge in [-0.05, 0) is 25.0 Å². The van der Waals surface area contributed by atoms with Crippen molar-refractivity contribution in [2.45, 2.75) is 13.3 Å². The first kappa shape index (κ1) is 19.7. The van der Waals surface area contributed by atoms with Crippen LogP contribution in [0.3, 0.4) is 0 Å². The van der Waals surface area contributed by atoms with Crippen LogP contribution in [0.25, 0.3) is 0 Å². The number of hydrogen-bond donors (Lipinski definition) is 2. The molecule has 6 nitrogen and oxygen atoms in total. The molecule has 128 valence electrons. The van der Waals surface area contributed by atoms with Crippen LogP contribution in [-0.2, 0) is 16.0 Å². The van der Waals surface area contributed by atoms with E-state index in [-0.39, 0.29) is 36.4 Å². The van der Waals surface area contributed by atoms with Crippen LogP contribution in [0.4, 0.5) is 5.69 Å². The predicted octanol–water partition coefficient (Wildman–Crippen LogP) is 1.40. The fourth-order valence-corrected chi connectivity index (χ4v) is 2.44. The van der Waals surface area contributed by atoms with Gasteiger partial charge in [0.1, 0.15) is 6.54 Å². The summed E-state index contributed by atoms with van der Waals surface area (Å²) in [6.07, 6.45) is 0.914. The maximum Gasteiger partial charge on any atom is 0.248 e. The highest BCUT2D eigenvalue weighted by Crippen LogP contribution is 2.27. The van der Waals surface area contributed by atoms with Crippen LogP contribution in [0.15, 0.2) is 29.3 Å². The zero-order chi connectivity index (χ0) is 15.8. The number of rotatable bonds is 6. The molecule has 0 fully saturated rings. The van der Waals surface area contributed by atoms with Gasteiger partial charge in [-0.25, -0.2) is 4.99 Å².